The number of ether oxygens (including phenoxy) is 2. The summed E-state index contributed by atoms with van der Waals surface area (Å²) in [5, 5.41) is 3.44. The van der Waals surface area contributed by atoms with E-state index in [1.54, 1.807) is 49.5 Å². The number of amides is 2. The van der Waals surface area contributed by atoms with E-state index in [9.17, 15) is 9.59 Å². The topological polar surface area (TPSA) is 67.9 Å². The Bertz CT molecular complexity index is 838. The maximum Gasteiger partial charge on any atom is 0.239 e. The van der Waals surface area contributed by atoms with E-state index in [4.69, 9.17) is 21.1 Å². The number of carbonyl (C=O) groups is 2. The van der Waals surface area contributed by atoms with E-state index in [1.165, 1.54) is 0 Å². The summed E-state index contributed by atoms with van der Waals surface area (Å²) < 4.78 is 10.6. The number of methoxy groups -OCH3 is 2. The summed E-state index contributed by atoms with van der Waals surface area (Å²) in [6.07, 6.45) is 0.475. The molecule has 1 atom stereocenters. The van der Waals surface area contributed by atoms with Gasteiger partial charge >= 0.3 is 0 Å². The number of nitrogens with zero attached hydrogens (tertiary/aromatic N) is 1. The van der Waals surface area contributed by atoms with Crippen LogP contribution in [0.2, 0.25) is 5.02 Å². The summed E-state index contributed by atoms with van der Waals surface area (Å²) >= 11 is 5.89. The average molecular weight is 389 g/mol. The summed E-state index contributed by atoms with van der Waals surface area (Å²) in [5.41, 5.74) is 1.53. The molecule has 6 nitrogen and oxygen atoms in total. The van der Waals surface area contributed by atoms with Crippen molar-refractivity contribution < 1.29 is 19.1 Å². The Hall–Kier alpha value is -2.73. The molecule has 142 valence electrons. The molecule has 1 heterocycles. The van der Waals surface area contributed by atoms with Crippen molar-refractivity contribution in [3.05, 3.63) is 53.1 Å². The van der Waals surface area contributed by atoms with Gasteiger partial charge in [0.1, 0.15) is 5.92 Å². The highest BCUT2D eigenvalue weighted by molar-refractivity contribution is 6.30. The molecule has 7 heteroatoms. The summed E-state index contributed by atoms with van der Waals surface area (Å²) in [4.78, 5) is 26.8. The van der Waals surface area contributed by atoms with Gasteiger partial charge in [0.15, 0.2) is 11.5 Å². The highest BCUT2D eigenvalue weighted by atomic mass is 35.5. The maximum absolute atomic E-state index is 12.7. The molecule has 1 saturated heterocycles. The van der Waals surface area contributed by atoms with E-state index in [1.807, 2.05) is 12.1 Å². The Balaban J connectivity index is 1.66. The van der Waals surface area contributed by atoms with Crippen LogP contribution in [0.1, 0.15) is 12.0 Å². The second kappa shape index (κ2) is 8.31. The molecule has 0 radical (unpaired) electrons. The lowest BCUT2D eigenvalue weighted by Gasteiger charge is -2.17. The van der Waals surface area contributed by atoms with Crippen molar-refractivity contribution in [2.24, 2.45) is 5.92 Å². The minimum atomic E-state index is -0.697. The van der Waals surface area contributed by atoms with Crippen molar-refractivity contribution in [1.82, 2.24) is 5.32 Å². The number of hydrogen-bond acceptors (Lipinski definition) is 4. The highest BCUT2D eigenvalue weighted by Gasteiger charge is 2.37. The largest absolute Gasteiger partial charge is 0.493 e. The van der Waals surface area contributed by atoms with E-state index >= 15 is 0 Å². The fourth-order valence-corrected chi connectivity index (χ4v) is 3.33. The molecule has 0 aromatic heterocycles. The molecule has 0 aliphatic carbocycles. The zero-order chi connectivity index (χ0) is 19.4. The number of benzene rings is 2. The van der Waals surface area contributed by atoms with Crippen molar-refractivity contribution in [3.8, 4) is 11.5 Å². The van der Waals surface area contributed by atoms with Crippen molar-refractivity contribution in [3.63, 3.8) is 0 Å². The van der Waals surface area contributed by atoms with Crippen LogP contribution in [-0.4, -0.2) is 32.6 Å². The Morgan fingerprint density at radius 1 is 1.19 bits per heavy atom. The van der Waals surface area contributed by atoms with E-state index in [0.29, 0.717) is 29.5 Å². The molecule has 2 aromatic carbocycles. The summed E-state index contributed by atoms with van der Waals surface area (Å²) in [5.74, 6) is -0.0259. The predicted octanol–water partition coefficient (Wildman–Crippen LogP) is 3.03. The molecule has 2 aromatic rings. The van der Waals surface area contributed by atoms with Crippen LogP contribution in [-0.2, 0) is 16.1 Å². The molecule has 1 fully saturated rings. The first-order chi connectivity index (χ1) is 13.0. The molecule has 0 unspecified atom stereocenters. The van der Waals surface area contributed by atoms with Crippen molar-refractivity contribution in [1.29, 1.82) is 0 Å². The molecule has 1 aliphatic rings. The number of nitrogens with one attached hydrogen (secondary N) is 1. The van der Waals surface area contributed by atoms with Gasteiger partial charge in [-0.2, -0.15) is 0 Å². The third-order valence-corrected chi connectivity index (χ3v) is 4.85. The summed E-state index contributed by atoms with van der Waals surface area (Å²) in [6, 6.07) is 12.5. The Morgan fingerprint density at radius 2 is 1.93 bits per heavy atom. The lowest BCUT2D eigenvalue weighted by atomic mass is 10.1. The van der Waals surface area contributed by atoms with Crippen LogP contribution in [0, 0.1) is 5.92 Å². The van der Waals surface area contributed by atoms with Crippen LogP contribution in [0.15, 0.2) is 42.5 Å². The van der Waals surface area contributed by atoms with Gasteiger partial charge < -0.3 is 19.7 Å². The Kier molecular flexibility index (Phi) is 5.86. The third-order valence-electron chi connectivity index (χ3n) is 4.60. The first kappa shape index (κ1) is 19.0. The highest BCUT2D eigenvalue weighted by Crippen LogP contribution is 2.31. The van der Waals surface area contributed by atoms with Crippen LogP contribution in [0.4, 0.5) is 5.69 Å². The fraction of sp³-hybridized carbons (Fsp3) is 0.300. The van der Waals surface area contributed by atoms with Gasteiger partial charge in [-0.05, 0) is 36.8 Å². The van der Waals surface area contributed by atoms with Crippen LogP contribution in [0.5, 0.6) is 11.5 Å². The monoisotopic (exact) mass is 388 g/mol. The van der Waals surface area contributed by atoms with Crippen LogP contribution in [0.3, 0.4) is 0 Å². The van der Waals surface area contributed by atoms with E-state index < -0.39 is 5.92 Å². The van der Waals surface area contributed by atoms with Gasteiger partial charge in [0.05, 0.1) is 14.2 Å². The first-order valence-electron chi connectivity index (χ1n) is 8.59. The molecule has 1 N–H and O–H groups in total. The predicted molar refractivity (Wildman–Crippen MR) is 103 cm³/mol. The third kappa shape index (κ3) is 4.01. The number of hydrogen-bond donors (Lipinski definition) is 1. The van der Waals surface area contributed by atoms with E-state index in [-0.39, 0.29) is 18.4 Å². The number of rotatable bonds is 6. The number of halogens is 1. The summed E-state index contributed by atoms with van der Waals surface area (Å²) in [6.45, 7) is 0.755. The smallest absolute Gasteiger partial charge is 0.239 e. The molecule has 2 amide bonds. The van der Waals surface area contributed by atoms with Gasteiger partial charge in [-0.25, -0.2) is 0 Å². The maximum atomic E-state index is 12.7. The SMILES string of the molecule is COc1cccc(CNC(=O)[C@H]2CCN(c3ccc(Cl)cc3)C2=O)c1OC. The molecule has 0 saturated carbocycles. The quantitative estimate of drug-likeness (QED) is 0.772. The number of anilines is 1. The second-order valence-corrected chi connectivity index (χ2v) is 6.61. The van der Waals surface area contributed by atoms with Gasteiger partial charge in [0, 0.05) is 29.4 Å². The normalized spacial score (nSPS) is 16.3. The molecule has 3 rings (SSSR count). The molecule has 0 spiro atoms. The standard InChI is InChI=1S/C20H21ClN2O4/c1-26-17-5-3-4-13(18(17)27-2)12-22-19(24)16-10-11-23(20(16)25)15-8-6-14(21)7-9-15/h3-9,16H,10-12H2,1-2H3,(H,22,24)/t16-/m1/s1. The van der Waals surface area contributed by atoms with E-state index in [2.05, 4.69) is 5.32 Å². The average Bonchev–Trinajstić information content (AvgIpc) is 3.07. The molecule has 0 bridgehead atoms. The van der Waals surface area contributed by atoms with Gasteiger partial charge in [-0.15, -0.1) is 0 Å². The number of para-hydroxylation sites is 1. The molecular formula is C20H21ClN2O4. The van der Waals surface area contributed by atoms with Crippen molar-refractivity contribution in [2.75, 3.05) is 25.7 Å². The van der Waals surface area contributed by atoms with Crippen molar-refractivity contribution in [2.45, 2.75) is 13.0 Å². The second-order valence-electron chi connectivity index (χ2n) is 6.18. The van der Waals surface area contributed by atoms with Gasteiger partial charge in [0.2, 0.25) is 11.8 Å². The van der Waals surface area contributed by atoms with Crippen LogP contribution < -0.4 is 19.7 Å². The van der Waals surface area contributed by atoms with Gasteiger partial charge in [-0.3, -0.25) is 9.59 Å². The van der Waals surface area contributed by atoms with Crippen LogP contribution in [0.25, 0.3) is 0 Å². The zero-order valence-electron chi connectivity index (χ0n) is 15.2. The van der Waals surface area contributed by atoms with Gasteiger partial charge in [-0.1, -0.05) is 23.7 Å². The zero-order valence-corrected chi connectivity index (χ0v) is 16.0. The van der Waals surface area contributed by atoms with Crippen molar-refractivity contribution >= 4 is 29.1 Å². The molecule has 1 aliphatic heterocycles. The first-order valence-corrected chi connectivity index (χ1v) is 8.97. The minimum absolute atomic E-state index is 0.201. The lowest BCUT2D eigenvalue weighted by Crippen LogP contribution is -2.36. The number of carbonyl (C=O) groups excluding carboxylic acids is 2. The fourth-order valence-electron chi connectivity index (χ4n) is 3.20. The van der Waals surface area contributed by atoms with Gasteiger partial charge in [0.25, 0.3) is 0 Å². The molecular weight excluding hydrogens is 368 g/mol. The van der Waals surface area contributed by atoms with E-state index in [0.717, 1.165) is 11.3 Å². The summed E-state index contributed by atoms with van der Waals surface area (Å²) in [7, 11) is 3.11. The molecule has 27 heavy (non-hydrogen) atoms. The minimum Gasteiger partial charge on any atom is -0.493 e. The van der Waals surface area contributed by atoms with Crippen LogP contribution >= 0.6 is 11.6 Å². The Morgan fingerprint density at radius 3 is 2.59 bits per heavy atom. The lowest BCUT2D eigenvalue weighted by molar-refractivity contribution is -0.132. The Labute approximate surface area is 163 Å².